The van der Waals surface area contributed by atoms with Crippen molar-refractivity contribution in [2.75, 3.05) is 20.2 Å². The Morgan fingerprint density at radius 2 is 2.30 bits per heavy atom. The van der Waals surface area contributed by atoms with Crippen LogP contribution in [0.1, 0.15) is 28.5 Å². The van der Waals surface area contributed by atoms with E-state index in [9.17, 15) is 4.79 Å². The van der Waals surface area contributed by atoms with Crippen molar-refractivity contribution in [3.63, 3.8) is 0 Å². The average molecular weight is 315 g/mol. The molecule has 2 aromatic rings. The lowest BCUT2D eigenvalue weighted by Crippen LogP contribution is -2.49. The minimum Gasteiger partial charge on any atom is -0.481 e. The zero-order valence-electron chi connectivity index (χ0n) is 12.8. The number of methoxy groups -OCH3 is 1. The van der Waals surface area contributed by atoms with E-state index in [1.54, 1.807) is 31.6 Å². The minimum atomic E-state index is -0.0363. The quantitative estimate of drug-likeness (QED) is 0.810. The Bertz CT molecular complexity index is 714. The zero-order chi connectivity index (χ0) is 15.8. The van der Waals surface area contributed by atoms with Gasteiger partial charge in [0.25, 0.3) is 5.91 Å². The molecule has 2 aliphatic heterocycles. The first-order valence-electron chi connectivity index (χ1n) is 7.56. The molecule has 8 heteroatoms. The molecule has 2 atom stereocenters. The number of hydrogen-bond donors (Lipinski definition) is 0. The molecule has 23 heavy (non-hydrogen) atoms. The van der Waals surface area contributed by atoms with Gasteiger partial charge in [0.1, 0.15) is 0 Å². The molecule has 8 nitrogen and oxygen atoms in total. The van der Waals surface area contributed by atoms with Crippen LogP contribution in [0.25, 0.3) is 0 Å². The van der Waals surface area contributed by atoms with Crippen molar-refractivity contribution >= 4 is 5.91 Å². The number of likely N-dealkylation sites (tertiary alicyclic amines) is 1. The molecule has 4 heterocycles. The second kappa shape index (κ2) is 5.62. The number of aromatic nitrogens is 4. The third-order valence-corrected chi connectivity index (χ3v) is 4.41. The Kier molecular flexibility index (Phi) is 3.45. The Balaban J connectivity index is 1.54. The maximum atomic E-state index is 12.7. The molecular formula is C15H17N5O3. The van der Waals surface area contributed by atoms with E-state index in [-0.39, 0.29) is 18.1 Å². The first kappa shape index (κ1) is 14.1. The summed E-state index contributed by atoms with van der Waals surface area (Å²) in [6.07, 6.45) is 4.14. The molecule has 1 fully saturated rings. The van der Waals surface area contributed by atoms with Gasteiger partial charge in [-0.05, 0) is 12.5 Å². The smallest absolute Gasteiger partial charge is 0.255 e. The lowest BCUT2D eigenvalue weighted by molar-refractivity contribution is -0.0605. The van der Waals surface area contributed by atoms with Crippen molar-refractivity contribution in [3.05, 3.63) is 35.8 Å². The van der Waals surface area contributed by atoms with E-state index in [0.29, 0.717) is 31.1 Å². The summed E-state index contributed by atoms with van der Waals surface area (Å²) in [4.78, 5) is 18.6. The van der Waals surface area contributed by atoms with Crippen LogP contribution in [0.4, 0.5) is 0 Å². The summed E-state index contributed by atoms with van der Waals surface area (Å²) in [6.45, 7) is 1.76. The van der Waals surface area contributed by atoms with Crippen molar-refractivity contribution < 1.29 is 14.3 Å². The standard InChI is InChI=1S/C15H17N5O3/c1-22-14-3-2-10(6-16-14)15(21)19-5-4-13-12(8-19)20-11(9-23-13)7-17-18-20/h2-3,6-7,12-13H,4-5,8-9H2,1H3/t12-,13+/m1/s1. The van der Waals surface area contributed by atoms with Crippen molar-refractivity contribution in [1.82, 2.24) is 24.9 Å². The number of fused-ring (bicyclic) bond motifs is 3. The number of carbonyl (C=O) groups excluding carboxylic acids is 1. The van der Waals surface area contributed by atoms with Crippen LogP contribution in [0.2, 0.25) is 0 Å². The predicted molar refractivity (Wildman–Crippen MR) is 78.9 cm³/mol. The fourth-order valence-corrected chi connectivity index (χ4v) is 3.17. The monoisotopic (exact) mass is 315 g/mol. The normalized spacial score (nSPS) is 23.1. The predicted octanol–water partition coefficient (Wildman–Crippen LogP) is 0.668. The number of pyridine rings is 1. The summed E-state index contributed by atoms with van der Waals surface area (Å²) in [7, 11) is 1.55. The molecule has 120 valence electrons. The number of rotatable bonds is 2. The average Bonchev–Trinajstić information content (AvgIpc) is 3.10. The van der Waals surface area contributed by atoms with Crippen molar-refractivity contribution in [2.24, 2.45) is 0 Å². The van der Waals surface area contributed by atoms with E-state index in [1.165, 1.54) is 0 Å². The number of hydrogen-bond acceptors (Lipinski definition) is 6. The number of nitrogens with zero attached hydrogens (tertiary/aromatic N) is 5. The Morgan fingerprint density at radius 3 is 3.09 bits per heavy atom. The van der Waals surface area contributed by atoms with E-state index in [0.717, 1.165) is 12.1 Å². The fourth-order valence-electron chi connectivity index (χ4n) is 3.17. The topological polar surface area (TPSA) is 82.4 Å². The van der Waals surface area contributed by atoms with Gasteiger partial charge in [0.05, 0.1) is 43.3 Å². The number of carbonyl (C=O) groups is 1. The Hall–Kier alpha value is -2.48. The summed E-state index contributed by atoms with van der Waals surface area (Å²) in [5, 5.41) is 8.10. The molecule has 0 aromatic carbocycles. The molecule has 0 bridgehead atoms. The van der Waals surface area contributed by atoms with Crippen molar-refractivity contribution in [3.8, 4) is 5.88 Å². The van der Waals surface area contributed by atoms with Gasteiger partial charge in [0.15, 0.2) is 0 Å². The first-order valence-corrected chi connectivity index (χ1v) is 7.56. The van der Waals surface area contributed by atoms with E-state index in [4.69, 9.17) is 9.47 Å². The SMILES string of the molecule is COc1ccc(C(=O)N2CC[C@@H]3OCc4cnnn4[C@@H]3C2)cn1. The van der Waals surface area contributed by atoms with Gasteiger partial charge < -0.3 is 14.4 Å². The van der Waals surface area contributed by atoms with Crippen LogP contribution in [-0.4, -0.2) is 57.1 Å². The highest BCUT2D eigenvalue weighted by Crippen LogP contribution is 2.30. The molecule has 4 rings (SSSR count). The van der Waals surface area contributed by atoms with Crippen LogP contribution in [-0.2, 0) is 11.3 Å². The van der Waals surface area contributed by atoms with Crippen LogP contribution >= 0.6 is 0 Å². The largest absolute Gasteiger partial charge is 0.481 e. The van der Waals surface area contributed by atoms with Gasteiger partial charge in [0.2, 0.25) is 5.88 Å². The molecule has 1 amide bonds. The van der Waals surface area contributed by atoms with Crippen LogP contribution in [0.5, 0.6) is 5.88 Å². The molecule has 2 aromatic heterocycles. The molecule has 2 aliphatic rings. The Morgan fingerprint density at radius 1 is 1.39 bits per heavy atom. The third-order valence-electron chi connectivity index (χ3n) is 4.41. The van der Waals surface area contributed by atoms with Crippen molar-refractivity contribution in [1.29, 1.82) is 0 Å². The van der Waals surface area contributed by atoms with Crippen molar-refractivity contribution in [2.45, 2.75) is 25.2 Å². The highest BCUT2D eigenvalue weighted by molar-refractivity contribution is 5.94. The summed E-state index contributed by atoms with van der Waals surface area (Å²) in [6, 6.07) is 3.45. The molecule has 0 N–H and O–H groups in total. The second-order valence-corrected chi connectivity index (χ2v) is 5.72. The zero-order valence-corrected chi connectivity index (χ0v) is 12.8. The van der Waals surface area contributed by atoms with Gasteiger partial charge in [-0.25, -0.2) is 9.67 Å². The maximum absolute atomic E-state index is 12.7. The summed E-state index contributed by atoms with van der Waals surface area (Å²) in [5.74, 6) is 0.457. The molecule has 0 aliphatic carbocycles. The van der Waals surface area contributed by atoms with E-state index in [1.807, 2.05) is 9.58 Å². The lowest BCUT2D eigenvalue weighted by atomic mass is 10.00. The van der Waals surface area contributed by atoms with E-state index in [2.05, 4.69) is 15.3 Å². The van der Waals surface area contributed by atoms with Crippen LogP contribution in [0, 0.1) is 0 Å². The van der Waals surface area contributed by atoms with Gasteiger partial charge in [-0.3, -0.25) is 4.79 Å². The fraction of sp³-hybridized carbons (Fsp3) is 0.467. The van der Waals surface area contributed by atoms with E-state index < -0.39 is 0 Å². The number of piperidine rings is 1. The van der Waals surface area contributed by atoms with Gasteiger partial charge in [-0.2, -0.15) is 0 Å². The number of ether oxygens (including phenoxy) is 2. The molecule has 0 radical (unpaired) electrons. The first-order chi connectivity index (χ1) is 11.3. The summed E-state index contributed by atoms with van der Waals surface area (Å²) < 4.78 is 12.8. The summed E-state index contributed by atoms with van der Waals surface area (Å²) in [5.41, 5.74) is 1.51. The lowest BCUT2D eigenvalue weighted by Gasteiger charge is -2.40. The van der Waals surface area contributed by atoms with Gasteiger partial charge >= 0.3 is 0 Å². The van der Waals surface area contributed by atoms with Gasteiger partial charge in [0, 0.05) is 25.4 Å². The highest BCUT2D eigenvalue weighted by atomic mass is 16.5. The maximum Gasteiger partial charge on any atom is 0.255 e. The van der Waals surface area contributed by atoms with Gasteiger partial charge in [-0.15, -0.1) is 5.10 Å². The van der Waals surface area contributed by atoms with Gasteiger partial charge in [-0.1, -0.05) is 5.21 Å². The molecule has 1 saturated heterocycles. The minimum absolute atomic E-state index is 0.0187. The molecule has 0 saturated carbocycles. The summed E-state index contributed by atoms with van der Waals surface area (Å²) >= 11 is 0. The van der Waals surface area contributed by atoms with Crippen LogP contribution < -0.4 is 4.74 Å². The molecular weight excluding hydrogens is 298 g/mol. The van der Waals surface area contributed by atoms with E-state index >= 15 is 0 Å². The highest BCUT2D eigenvalue weighted by Gasteiger charge is 2.38. The van der Waals surface area contributed by atoms with Crippen LogP contribution in [0.3, 0.4) is 0 Å². The Labute approximate surface area is 133 Å². The van der Waals surface area contributed by atoms with Crippen LogP contribution in [0.15, 0.2) is 24.5 Å². The second-order valence-electron chi connectivity index (χ2n) is 5.72. The third kappa shape index (κ3) is 2.44. The molecule has 0 unspecified atom stereocenters. The number of amides is 1. The molecule has 0 spiro atoms.